The molecule has 0 aromatic rings. The molecule has 1 N–H and O–H groups in total. The van der Waals surface area contributed by atoms with Crippen molar-refractivity contribution < 1.29 is 9.90 Å². The lowest BCUT2D eigenvalue weighted by molar-refractivity contribution is -0.132. The molecule has 0 radical (unpaired) electrons. The molecule has 0 fully saturated rings. The van der Waals surface area contributed by atoms with Crippen molar-refractivity contribution >= 4 is 5.97 Å². The van der Waals surface area contributed by atoms with E-state index >= 15 is 0 Å². The van der Waals surface area contributed by atoms with E-state index in [9.17, 15) is 9.90 Å². The molecule has 0 aliphatic rings. The van der Waals surface area contributed by atoms with E-state index in [1.54, 1.807) is 6.92 Å². The van der Waals surface area contributed by atoms with Gasteiger partial charge in [-0.25, -0.2) is 4.79 Å². The zero-order valence-electron chi connectivity index (χ0n) is 26.1. The Morgan fingerprint density at radius 2 is 1.03 bits per heavy atom. The van der Waals surface area contributed by atoms with Crippen LogP contribution in [0.3, 0.4) is 0 Å². The fourth-order valence-corrected chi connectivity index (χ4v) is 7.44. The van der Waals surface area contributed by atoms with E-state index in [1.807, 2.05) is 0 Å². The van der Waals surface area contributed by atoms with Crippen molar-refractivity contribution in [3.8, 4) is 0 Å². The maximum Gasteiger partial charge on any atom is 0.330 e. The third-order valence-electron chi connectivity index (χ3n) is 9.17. The standard InChI is InChI=1S/C34H66O2/c1-10-18-28(24-26(9)34(35)36)30(20-12-3)32(22-14-5)33(23-15-6)31(21-13-4)29(19-11-2)25-27(16-7)17-8/h24,27-33H,10-23,25H2,1-9H3,(H,35,36). The molecule has 0 aromatic carbocycles. The molecule has 0 aliphatic heterocycles. The van der Waals surface area contributed by atoms with Crippen molar-refractivity contribution in [1.82, 2.24) is 0 Å². The fourth-order valence-electron chi connectivity index (χ4n) is 7.44. The minimum absolute atomic E-state index is 0.382. The van der Waals surface area contributed by atoms with Crippen LogP contribution in [0.15, 0.2) is 11.6 Å². The monoisotopic (exact) mass is 507 g/mol. The second-order valence-corrected chi connectivity index (χ2v) is 11.9. The van der Waals surface area contributed by atoms with Crippen LogP contribution < -0.4 is 0 Å². The lowest BCUT2D eigenvalue weighted by Gasteiger charge is -2.44. The molecule has 0 bridgehead atoms. The molecule has 36 heavy (non-hydrogen) atoms. The molecule has 0 rings (SSSR count). The molecular weight excluding hydrogens is 440 g/mol. The number of hydrogen-bond acceptors (Lipinski definition) is 1. The van der Waals surface area contributed by atoms with E-state index in [1.165, 1.54) is 83.5 Å². The molecule has 2 heteroatoms. The summed E-state index contributed by atoms with van der Waals surface area (Å²) in [4.78, 5) is 11.8. The number of allylic oxidation sites excluding steroid dienone is 1. The average molecular weight is 507 g/mol. The van der Waals surface area contributed by atoms with Gasteiger partial charge in [-0.15, -0.1) is 0 Å². The summed E-state index contributed by atoms with van der Waals surface area (Å²) in [5.74, 6) is 4.17. The van der Waals surface area contributed by atoms with Crippen molar-refractivity contribution in [2.75, 3.05) is 0 Å². The fraction of sp³-hybridized carbons (Fsp3) is 0.912. The predicted octanol–water partition coefficient (Wildman–Crippen LogP) is 11.3. The van der Waals surface area contributed by atoms with Crippen molar-refractivity contribution in [3.05, 3.63) is 11.6 Å². The van der Waals surface area contributed by atoms with Crippen LogP contribution in [0.4, 0.5) is 0 Å². The molecule has 0 aliphatic carbocycles. The minimum Gasteiger partial charge on any atom is -0.478 e. The number of carboxylic acid groups (broad SMARTS) is 1. The smallest absolute Gasteiger partial charge is 0.330 e. The van der Waals surface area contributed by atoms with E-state index in [0.29, 0.717) is 23.3 Å². The summed E-state index contributed by atoms with van der Waals surface area (Å²) in [6.07, 6.45) is 21.2. The summed E-state index contributed by atoms with van der Waals surface area (Å²) in [6.45, 7) is 20.7. The van der Waals surface area contributed by atoms with Crippen LogP contribution in [0.1, 0.15) is 159 Å². The Bertz CT molecular complexity index is 562. The summed E-state index contributed by atoms with van der Waals surface area (Å²) in [5, 5.41) is 9.70. The number of carbonyl (C=O) groups is 1. The van der Waals surface area contributed by atoms with Crippen LogP contribution in [0.5, 0.6) is 0 Å². The normalized spacial score (nSPS) is 17.6. The van der Waals surface area contributed by atoms with E-state index in [-0.39, 0.29) is 0 Å². The van der Waals surface area contributed by atoms with Gasteiger partial charge in [0, 0.05) is 5.57 Å². The number of aliphatic carboxylic acids is 1. The van der Waals surface area contributed by atoms with Gasteiger partial charge in [-0.2, -0.15) is 0 Å². The van der Waals surface area contributed by atoms with Crippen molar-refractivity contribution in [2.45, 2.75) is 159 Å². The van der Waals surface area contributed by atoms with Gasteiger partial charge in [0.05, 0.1) is 0 Å². The maximum absolute atomic E-state index is 11.8. The van der Waals surface area contributed by atoms with Gasteiger partial charge in [-0.1, -0.05) is 139 Å². The molecular formula is C34H66O2. The first-order valence-corrected chi connectivity index (χ1v) is 16.2. The molecule has 6 atom stereocenters. The van der Waals surface area contributed by atoms with Gasteiger partial charge in [-0.3, -0.25) is 0 Å². The van der Waals surface area contributed by atoms with Crippen LogP contribution in [0.25, 0.3) is 0 Å². The van der Waals surface area contributed by atoms with Crippen molar-refractivity contribution in [2.24, 2.45) is 41.4 Å². The highest BCUT2D eigenvalue weighted by Gasteiger charge is 2.39. The first-order chi connectivity index (χ1) is 17.3. The van der Waals surface area contributed by atoms with Gasteiger partial charge in [0.15, 0.2) is 0 Å². The Hall–Kier alpha value is -0.790. The second kappa shape index (κ2) is 21.2. The van der Waals surface area contributed by atoms with Crippen LogP contribution in [0, 0.1) is 41.4 Å². The first-order valence-electron chi connectivity index (χ1n) is 16.2. The molecule has 0 aromatic heterocycles. The molecule has 0 saturated carbocycles. The summed E-state index contributed by atoms with van der Waals surface area (Å²) in [5.41, 5.74) is 0.541. The third-order valence-corrected chi connectivity index (χ3v) is 9.17. The molecule has 0 saturated heterocycles. The Labute approximate surface area is 227 Å². The van der Waals surface area contributed by atoms with Gasteiger partial charge < -0.3 is 5.11 Å². The van der Waals surface area contributed by atoms with E-state index in [0.717, 1.165) is 36.5 Å². The average Bonchev–Trinajstić information content (AvgIpc) is 2.86. The lowest BCUT2D eigenvalue weighted by Crippen LogP contribution is -2.36. The highest BCUT2D eigenvalue weighted by Crippen LogP contribution is 2.47. The number of rotatable bonds is 23. The van der Waals surface area contributed by atoms with E-state index in [2.05, 4.69) is 61.5 Å². The van der Waals surface area contributed by atoms with Crippen LogP contribution >= 0.6 is 0 Å². The zero-order valence-corrected chi connectivity index (χ0v) is 26.1. The highest BCUT2D eigenvalue weighted by molar-refractivity contribution is 5.85. The zero-order chi connectivity index (χ0) is 27.5. The second-order valence-electron chi connectivity index (χ2n) is 11.9. The van der Waals surface area contributed by atoms with Crippen LogP contribution in [0.2, 0.25) is 0 Å². The summed E-state index contributed by atoms with van der Waals surface area (Å²) in [6, 6.07) is 0. The Kier molecular flexibility index (Phi) is 20.7. The summed E-state index contributed by atoms with van der Waals surface area (Å²) >= 11 is 0. The van der Waals surface area contributed by atoms with Gasteiger partial charge in [0.1, 0.15) is 0 Å². The van der Waals surface area contributed by atoms with Gasteiger partial charge in [0.25, 0.3) is 0 Å². The summed E-state index contributed by atoms with van der Waals surface area (Å²) < 4.78 is 0. The lowest BCUT2D eigenvalue weighted by atomic mass is 9.61. The van der Waals surface area contributed by atoms with Crippen LogP contribution in [-0.4, -0.2) is 11.1 Å². The molecule has 2 nitrogen and oxygen atoms in total. The predicted molar refractivity (Wildman–Crippen MR) is 160 cm³/mol. The Balaban J connectivity index is 6.64. The van der Waals surface area contributed by atoms with Crippen LogP contribution in [-0.2, 0) is 4.79 Å². The Morgan fingerprint density at radius 3 is 1.44 bits per heavy atom. The molecule has 6 unspecified atom stereocenters. The van der Waals surface area contributed by atoms with E-state index < -0.39 is 5.97 Å². The van der Waals surface area contributed by atoms with Crippen molar-refractivity contribution in [1.29, 1.82) is 0 Å². The number of carboxylic acids is 1. The SMILES string of the molecule is CCCC(C=C(C)C(=O)O)C(CCC)C(CCC)C(CCC)C(CCC)C(CCC)CC(CC)CC. The molecule has 0 heterocycles. The summed E-state index contributed by atoms with van der Waals surface area (Å²) in [7, 11) is 0. The molecule has 214 valence electrons. The van der Waals surface area contributed by atoms with Gasteiger partial charge in [-0.05, 0) is 67.6 Å². The van der Waals surface area contributed by atoms with Gasteiger partial charge in [0.2, 0.25) is 0 Å². The minimum atomic E-state index is -0.749. The first kappa shape index (κ1) is 35.2. The molecule has 0 amide bonds. The Morgan fingerprint density at radius 1 is 0.611 bits per heavy atom. The largest absolute Gasteiger partial charge is 0.478 e. The molecule has 0 spiro atoms. The van der Waals surface area contributed by atoms with Crippen molar-refractivity contribution in [3.63, 3.8) is 0 Å². The topological polar surface area (TPSA) is 37.3 Å². The van der Waals surface area contributed by atoms with E-state index in [4.69, 9.17) is 0 Å². The third kappa shape index (κ3) is 12.2. The number of hydrogen-bond donors (Lipinski definition) is 1. The highest BCUT2D eigenvalue weighted by atomic mass is 16.4. The quantitative estimate of drug-likeness (QED) is 0.140. The maximum atomic E-state index is 11.8. The van der Waals surface area contributed by atoms with Gasteiger partial charge >= 0.3 is 5.97 Å².